The lowest BCUT2D eigenvalue weighted by molar-refractivity contribution is -0.149. The van der Waals surface area contributed by atoms with Crippen LogP contribution in [0, 0.1) is 17.3 Å². The van der Waals surface area contributed by atoms with E-state index < -0.39 is 6.29 Å². The summed E-state index contributed by atoms with van der Waals surface area (Å²) < 4.78 is 0. The molecule has 0 aliphatic carbocycles. The molecule has 0 fully saturated rings. The first-order valence-corrected chi connectivity index (χ1v) is 14.8. The molecule has 0 radical (unpaired) electrons. The van der Waals surface area contributed by atoms with Crippen molar-refractivity contribution in [2.75, 3.05) is 0 Å². The molecule has 2 atom stereocenters. The van der Waals surface area contributed by atoms with Crippen LogP contribution < -0.4 is 0 Å². The number of hydrogen-bond acceptors (Lipinski definition) is 2. The zero-order chi connectivity index (χ0) is 25.8. The van der Waals surface area contributed by atoms with Crippen molar-refractivity contribution in [2.45, 2.75) is 164 Å². The molecule has 2 N–H and O–H groups in total. The molecule has 0 aromatic carbocycles. The number of aliphatic hydroxyl groups excluding tert-OH is 1. The zero-order valence-electron chi connectivity index (χ0n) is 24.3. The van der Waals surface area contributed by atoms with Crippen molar-refractivity contribution >= 4 is 0 Å². The highest BCUT2D eigenvalue weighted by Gasteiger charge is 2.36. The second kappa shape index (κ2) is 20.6. The molecule has 0 aliphatic heterocycles. The predicted octanol–water partition coefficient (Wildman–Crippen LogP) is 10.1. The van der Waals surface area contributed by atoms with Crippen LogP contribution in [-0.4, -0.2) is 16.5 Å². The monoisotopic (exact) mass is 478 g/mol. The van der Waals surface area contributed by atoms with E-state index in [4.69, 9.17) is 0 Å². The number of hydrogen-bond donors (Lipinski definition) is 2. The largest absolute Gasteiger partial charge is 0.368 e. The van der Waals surface area contributed by atoms with Crippen molar-refractivity contribution < 1.29 is 10.2 Å². The molecule has 2 unspecified atom stereocenters. The van der Waals surface area contributed by atoms with Gasteiger partial charge in [-0.25, -0.2) is 0 Å². The summed E-state index contributed by atoms with van der Waals surface area (Å²) in [5.74, 6) is 1.25. The van der Waals surface area contributed by atoms with Crippen molar-refractivity contribution in [1.82, 2.24) is 0 Å². The Bertz CT molecular complexity index is 491. The molecule has 0 saturated carbocycles. The van der Waals surface area contributed by atoms with Gasteiger partial charge in [-0.2, -0.15) is 0 Å². The molecule has 0 bridgehead atoms. The van der Waals surface area contributed by atoms with E-state index in [0.717, 1.165) is 51.4 Å². The number of unbranched alkanes of at least 4 members (excludes halogenated alkanes) is 7. The summed E-state index contributed by atoms with van der Waals surface area (Å²) in [5.41, 5.74) is 2.45. The van der Waals surface area contributed by atoms with Crippen LogP contribution in [0.15, 0.2) is 23.3 Å². The van der Waals surface area contributed by atoms with Gasteiger partial charge in [-0.3, -0.25) is 0 Å². The van der Waals surface area contributed by atoms with Gasteiger partial charge in [0.25, 0.3) is 0 Å². The molecule has 2 nitrogen and oxygen atoms in total. The number of allylic oxidation sites excluding steroid dienone is 4. The minimum atomic E-state index is -1.20. The molecule has 0 aromatic rings. The van der Waals surface area contributed by atoms with Gasteiger partial charge in [0, 0.05) is 5.41 Å². The molecule has 0 rings (SSSR count). The van der Waals surface area contributed by atoms with Crippen LogP contribution in [0.25, 0.3) is 0 Å². The maximum absolute atomic E-state index is 10.6. The molecule has 2 heteroatoms. The van der Waals surface area contributed by atoms with Crippen LogP contribution in [0.5, 0.6) is 0 Å². The summed E-state index contributed by atoms with van der Waals surface area (Å²) in [5, 5.41) is 21.2. The Kier molecular flexibility index (Phi) is 20.2. The van der Waals surface area contributed by atoms with E-state index in [9.17, 15) is 10.2 Å². The smallest absolute Gasteiger partial charge is 0.157 e. The lowest BCUT2D eigenvalue weighted by Crippen LogP contribution is -2.36. The summed E-state index contributed by atoms with van der Waals surface area (Å²) in [6.07, 6.45) is 23.5. The topological polar surface area (TPSA) is 40.5 Å². The highest BCUT2D eigenvalue weighted by Crippen LogP contribution is 2.41. The first-order chi connectivity index (χ1) is 16.1. The lowest BCUT2D eigenvalue weighted by Gasteiger charge is -2.37. The van der Waals surface area contributed by atoms with Crippen LogP contribution in [0.2, 0.25) is 0 Å². The van der Waals surface area contributed by atoms with E-state index in [1.54, 1.807) is 0 Å². The maximum Gasteiger partial charge on any atom is 0.157 e. The van der Waals surface area contributed by atoms with Gasteiger partial charge in [0.15, 0.2) is 6.29 Å². The molecule has 34 heavy (non-hydrogen) atoms. The molecule has 0 aromatic heterocycles. The van der Waals surface area contributed by atoms with Crippen LogP contribution in [0.4, 0.5) is 0 Å². The van der Waals surface area contributed by atoms with Crippen LogP contribution in [0.3, 0.4) is 0 Å². The molecule has 0 spiro atoms. The maximum atomic E-state index is 10.6. The van der Waals surface area contributed by atoms with Crippen molar-refractivity contribution in [1.29, 1.82) is 0 Å². The van der Waals surface area contributed by atoms with Crippen LogP contribution in [-0.2, 0) is 0 Å². The Morgan fingerprint density at radius 2 is 1.03 bits per heavy atom. The quantitative estimate of drug-likeness (QED) is 0.0922. The van der Waals surface area contributed by atoms with Crippen molar-refractivity contribution in [3.8, 4) is 0 Å². The van der Waals surface area contributed by atoms with E-state index in [1.807, 2.05) is 0 Å². The van der Waals surface area contributed by atoms with Gasteiger partial charge in [-0.05, 0) is 97.3 Å². The molecule has 0 aliphatic rings. The first kappa shape index (κ1) is 33.4. The van der Waals surface area contributed by atoms with E-state index in [1.165, 1.54) is 68.9 Å². The number of aliphatic hydroxyl groups is 2. The fourth-order valence-corrected chi connectivity index (χ4v) is 5.04. The fraction of sp³-hybridized carbons (Fsp3) is 0.875. The summed E-state index contributed by atoms with van der Waals surface area (Å²) in [7, 11) is 0. The molecule has 0 heterocycles. The Morgan fingerprint density at radius 1 is 0.618 bits per heavy atom. The summed E-state index contributed by atoms with van der Waals surface area (Å²) in [6.45, 7) is 15.6. The lowest BCUT2D eigenvalue weighted by atomic mass is 9.71. The van der Waals surface area contributed by atoms with Crippen molar-refractivity contribution in [3.05, 3.63) is 23.3 Å². The average Bonchev–Trinajstić information content (AvgIpc) is 2.76. The average molecular weight is 479 g/mol. The van der Waals surface area contributed by atoms with E-state index >= 15 is 0 Å². The number of rotatable bonds is 22. The minimum Gasteiger partial charge on any atom is -0.368 e. The second-order valence-electron chi connectivity index (χ2n) is 12.0. The summed E-state index contributed by atoms with van der Waals surface area (Å²) in [4.78, 5) is 0. The zero-order valence-corrected chi connectivity index (χ0v) is 24.3. The van der Waals surface area contributed by atoms with Crippen LogP contribution in [0.1, 0.15) is 158 Å². The van der Waals surface area contributed by atoms with Crippen molar-refractivity contribution in [3.63, 3.8) is 0 Å². The SMILES string of the molecule is CCCCCCCCCCC(CCC(C)CCC=C(C)C)(CCC(C)CCC=C(C)C)C(O)O. The minimum absolute atomic E-state index is 0.336. The van der Waals surface area contributed by atoms with E-state index in [-0.39, 0.29) is 5.41 Å². The van der Waals surface area contributed by atoms with Gasteiger partial charge in [-0.15, -0.1) is 0 Å². The highest BCUT2D eigenvalue weighted by molar-refractivity contribution is 4.93. The Hall–Kier alpha value is -0.600. The van der Waals surface area contributed by atoms with Gasteiger partial charge in [0.05, 0.1) is 0 Å². The second-order valence-corrected chi connectivity index (χ2v) is 12.0. The first-order valence-electron chi connectivity index (χ1n) is 14.8. The molecule has 202 valence electrons. The third-order valence-electron chi connectivity index (χ3n) is 7.77. The standard InChI is InChI=1S/C32H62O2/c1-8-9-10-11-12-13-14-15-24-32(31(33)34,25-22-29(6)20-16-18-27(2)3)26-23-30(7)21-17-19-28(4)5/h18-19,29-31,33-34H,8-17,20-26H2,1-7H3. The van der Waals surface area contributed by atoms with E-state index in [2.05, 4.69) is 60.6 Å². The Labute approximate surface area is 214 Å². The predicted molar refractivity (Wildman–Crippen MR) is 152 cm³/mol. The Morgan fingerprint density at radius 3 is 1.41 bits per heavy atom. The van der Waals surface area contributed by atoms with Crippen LogP contribution >= 0.6 is 0 Å². The normalized spacial score (nSPS) is 15.1. The fourth-order valence-electron chi connectivity index (χ4n) is 5.04. The molecular formula is C32H62O2. The molecule has 0 amide bonds. The van der Waals surface area contributed by atoms with Crippen molar-refractivity contribution in [2.24, 2.45) is 17.3 Å². The highest BCUT2D eigenvalue weighted by atomic mass is 16.5. The summed E-state index contributed by atoms with van der Waals surface area (Å²) in [6, 6.07) is 0. The third kappa shape index (κ3) is 17.8. The van der Waals surface area contributed by atoms with Gasteiger partial charge < -0.3 is 10.2 Å². The van der Waals surface area contributed by atoms with Gasteiger partial charge in [0.2, 0.25) is 0 Å². The molecular weight excluding hydrogens is 416 g/mol. The summed E-state index contributed by atoms with van der Waals surface area (Å²) >= 11 is 0. The van der Waals surface area contributed by atoms with Gasteiger partial charge >= 0.3 is 0 Å². The van der Waals surface area contributed by atoms with Gasteiger partial charge in [0.1, 0.15) is 0 Å². The third-order valence-corrected chi connectivity index (χ3v) is 7.77. The molecule has 0 saturated heterocycles. The Balaban J connectivity index is 4.90. The van der Waals surface area contributed by atoms with Gasteiger partial charge in [-0.1, -0.05) is 95.4 Å². The van der Waals surface area contributed by atoms with E-state index in [0.29, 0.717) is 11.8 Å².